The van der Waals surface area contributed by atoms with E-state index in [0.29, 0.717) is 17.3 Å². The molecule has 9 nitrogen and oxygen atoms in total. The van der Waals surface area contributed by atoms with Gasteiger partial charge in [-0.1, -0.05) is 399 Å². The summed E-state index contributed by atoms with van der Waals surface area (Å²) in [5, 5.41) is 9.64. The first kappa shape index (κ1) is 123. The average Bonchev–Trinajstić information content (AvgIpc) is 1.67. The summed E-state index contributed by atoms with van der Waals surface area (Å²) in [6.07, 6.45) is 29.0. The molecule has 2 aromatic carbocycles. The molecule has 0 unspecified atom stereocenters. The Bertz CT molecular complexity index is 2600. The maximum atomic E-state index is 11.2. The van der Waals surface area contributed by atoms with E-state index in [4.69, 9.17) is 0 Å². The minimum atomic E-state index is -3.02. The summed E-state index contributed by atoms with van der Waals surface area (Å²) in [4.78, 5) is 9.97. The van der Waals surface area contributed by atoms with Crippen LogP contribution in [-0.2, 0) is 41.2 Å². The Morgan fingerprint density at radius 3 is 1.03 bits per heavy atom. The van der Waals surface area contributed by atoms with Crippen LogP contribution in [-0.4, -0.2) is 68.7 Å². The van der Waals surface area contributed by atoms with Crippen LogP contribution in [0.25, 0.3) is 10.9 Å². The second-order valence-electron chi connectivity index (χ2n) is 30.4. The smallest absolute Gasteiger partial charge is 0.196 e. The highest BCUT2D eigenvalue weighted by Crippen LogP contribution is 2.24. The minimum absolute atomic E-state index is 0.109. The molecule has 4 aliphatic rings. The number of hydrogen-bond acceptors (Lipinski definition) is 7. The van der Waals surface area contributed by atoms with Gasteiger partial charge < -0.3 is 9.47 Å². The van der Waals surface area contributed by atoms with Gasteiger partial charge in [0.1, 0.15) is 0 Å². The number of fused-ring (bicyclic) bond motifs is 2. The highest BCUT2D eigenvalue weighted by Gasteiger charge is 2.26. The molecule has 0 bridgehead atoms. The summed E-state index contributed by atoms with van der Waals surface area (Å²) in [5.74, 6) is 4.39. The van der Waals surface area contributed by atoms with E-state index in [1.165, 1.54) is 87.1 Å². The monoisotopic (exact) mass is 1470 g/mol. The van der Waals surface area contributed by atoms with Crippen molar-refractivity contribution in [3.63, 3.8) is 0 Å². The van der Waals surface area contributed by atoms with Gasteiger partial charge in [-0.15, -0.1) is 5.10 Å². The third kappa shape index (κ3) is 98.9. The zero-order valence-corrected chi connectivity index (χ0v) is 78.5. The molecular weight excluding hydrogens is 1290 g/mol. The van der Waals surface area contributed by atoms with Gasteiger partial charge in [-0.05, 0) is 140 Å². The third-order valence-corrected chi connectivity index (χ3v) is 12.8. The van der Waals surface area contributed by atoms with Crippen molar-refractivity contribution in [1.29, 1.82) is 0 Å². The number of aryl methyl sites for hydroxylation is 3. The molecule has 1 saturated carbocycles. The lowest BCUT2D eigenvalue weighted by atomic mass is 9.87. The first-order valence-corrected chi connectivity index (χ1v) is 42.8. The summed E-state index contributed by atoms with van der Waals surface area (Å²) in [6.45, 7) is 87.0. The molecule has 10 rings (SSSR count). The average molecular weight is 1480 g/mol. The molecule has 612 valence electrons. The fourth-order valence-electron chi connectivity index (χ4n) is 7.13. The topological polar surface area (TPSA) is 98.8 Å². The van der Waals surface area contributed by atoms with E-state index in [0.717, 1.165) is 53.0 Å². The second kappa shape index (κ2) is 85.1. The van der Waals surface area contributed by atoms with Crippen molar-refractivity contribution in [3.05, 3.63) is 163 Å². The minimum Gasteiger partial charge on any atom is -0.351 e. The first-order valence-electron chi connectivity index (χ1n) is 41.1. The molecule has 1 saturated heterocycles. The molecule has 6 aromatic rings. The van der Waals surface area contributed by atoms with Crippen molar-refractivity contribution < 1.29 is 8.42 Å². The molecule has 2 fully saturated rings. The van der Waals surface area contributed by atoms with Crippen molar-refractivity contribution in [1.82, 2.24) is 34.4 Å². The predicted molar refractivity (Wildman–Crippen MR) is 481 cm³/mol. The number of allylic oxidation sites excluding steroid dienone is 4. The van der Waals surface area contributed by atoms with Crippen molar-refractivity contribution in [2.75, 3.05) is 25.9 Å². The Morgan fingerprint density at radius 1 is 0.433 bits per heavy atom. The molecule has 0 spiro atoms. The lowest BCUT2D eigenvalue weighted by molar-refractivity contribution is 0.418. The molecule has 6 heterocycles. The number of nitrogens with zero attached hydrogens (tertiary/aromatic N) is 7. The summed E-state index contributed by atoms with van der Waals surface area (Å²) in [5.41, 5.74) is 6.68. The largest absolute Gasteiger partial charge is 0.351 e. The molecule has 0 N–H and O–H groups in total. The van der Waals surface area contributed by atoms with E-state index in [9.17, 15) is 8.42 Å². The van der Waals surface area contributed by atoms with E-state index in [-0.39, 0.29) is 16.2 Å². The van der Waals surface area contributed by atoms with Gasteiger partial charge in [0.25, 0.3) is 0 Å². The van der Waals surface area contributed by atoms with Gasteiger partial charge in [0.2, 0.25) is 0 Å². The lowest BCUT2D eigenvalue weighted by Crippen LogP contribution is -2.13. The number of rotatable bonds is 0. The zero-order chi connectivity index (χ0) is 83.9. The summed E-state index contributed by atoms with van der Waals surface area (Å²) in [6, 6.07) is 30.3. The fraction of sp³-hybridized carbons (Fsp3) is 0.681. The van der Waals surface area contributed by atoms with Crippen LogP contribution < -0.4 is 0 Å². The summed E-state index contributed by atoms with van der Waals surface area (Å²) in [7, 11) is 3.13. The van der Waals surface area contributed by atoms with Gasteiger partial charge in [0, 0.05) is 49.8 Å². The highest BCUT2D eigenvalue weighted by molar-refractivity contribution is 7.91. The number of pyridine rings is 2. The maximum Gasteiger partial charge on any atom is 0.196 e. The third-order valence-electron chi connectivity index (χ3n) is 11.1. The van der Waals surface area contributed by atoms with E-state index < -0.39 is 9.84 Å². The fourth-order valence-corrected chi connectivity index (χ4v) is 8.61. The normalized spacial score (nSPS) is 12.3. The Kier molecular flexibility index (Phi) is 100. The highest BCUT2D eigenvalue weighted by atomic mass is 32.2. The molecule has 104 heavy (non-hydrogen) atoms. The number of likely N-dealkylation sites (tertiary alicyclic amines) is 1. The molecule has 0 radical (unpaired) electrons. The van der Waals surface area contributed by atoms with Crippen LogP contribution in [0.5, 0.6) is 0 Å². The SMILES string of the molecule is C1=CCC=C1.C1CCCCC1.CC.CC.CC.CC.CC.CC.CC.CC(C)(C)C.CC(C)(C)c1ccccc1.CC(C)C.CC(C)C.CC(C)C.CC(C)C.CC(C)C.CN1CCCC1.Cc1c(C(C)(C)C)nnn1C.Cn1ccc2ccccc21.O=S1(=O)CCc2cccnc21.c1ccncc1. The van der Waals surface area contributed by atoms with E-state index >= 15 is 0 Å². The lowest BCUT2D eigenvalue weighted by Gasteiger charge is -2.18. The standard InChI is InChI=1S/C10H14.C9H9N.C8H15N3.C7H7NO2S.C6H12.C5H11N.C5H5N.C5H6.C5H12.5C4H10.7C2H6/c1-10(2,3)9-7-5-4-6-8-9;1-10-7-6-8-4-2-3-5-9(8)10;1-6-7(8(2,3)4)9-10-11(6)5;9-11(10)5-3-6-2-1-4-8-7(6)11;1-2-4-6-5-3-1;1-6-4-2-3-5-6;1-2-4-6-5-3-1;1-2-4-5-3-1;1-5(2,3)4;5*1-4(2)3;7*1-2/h4-8H,1-3H3;2-7H,1H3;1-5H3;1-2,4H,3,5H2;1-6H2;2-5H2,1H3;1-5H;1-4H,5H2;1-4H3;5*4H,1-3H3;7*1-2H3. The van der Waals surface area contributed by atoms with Crippen molar-refractivity contribution >= 4 is 20.7 Å². The Morgan fingerprint density at radius 2 is 0.788 bits per heavy atom. The quantitative estimate of drug-likeness (QED) is 0.149. The summed E-state index contributed by atoms with van der Waals surface area (Å²) >= 11 is 0. The number of sulfone groups is 1. The van der Waals surface area contributed by atoms with Gasteiger partial charge in [-0.2, -0.15) is 0 Å². The zero-order valence-electron chi connectivity index (χ0n) is 77.7. The molecule has 4 aromatic heterocycles. The van der Waals surface area contributed by atoms with Crippen molar-refractivity contribution in [3.8, 4) is 0 Å². The number of para-hydroxylation sites is 1. The predicted octanol–water partition coefficient (Wildman–Crippen LogP) is 30.2. The molecule has 0 atom stereocenters. The molecular formula is C94H183N7O2S. The van der Waals surface area contributed by atoms with Crippen LogP contribution in [0.1, 0.15) is 350 Å². The molecule has 2 aliphatic carbocycles. The van der Waals surface area contributed by atoms with Gasteiger partial charge in [-0.3, -0.25) is 9.67 Å². The molecule has 10 heteroatoms. The number of benzene rings is 2. The Hall–Kier alpha value is -5.19. The molecule has 2 aliphatic heterocycles. The van der Waals surface area contributed by atoms with Gasteiger partial charge in [0.05, 0.1) is 17.1 Å². The van der Waals surface area contributed by atoms with Crippen LogP contribution in [0, 0.1) is 41.9 Å². The van der Waals surface area contributed by atoms with E-state index in [2.05, 4.69) is 308 Å². The van der Waals surface area contributed by atoms with Gasteiger partial charge in [-0.25, -0.2) is 13.4 Å². The van der Waals surface area contributed by atoms with Crippen LogP contribution in [0.4, 0.5) is 0 Å². The number of hydrogen-bond donors (Lipinski definition) is 0. The van der Waals surface area contributed by atoms with E-state index in [1.807, 2.05) is 135 Å². The van der Waals surface area contributed by atoms with Crippen LogP contribution in [0.3, 0.4) is 0 Å². The molecule has 0 amide bonds. The van der Waals surface area contributed by atoms with Crippen LogP contribution in [0.15, 0.2) is 145 Å². The van der Waals surface area contributed by atoms with Gasteiger partial charge >= 0.3 is 0 Å². The second-order valence-corrected chi connectivity index (χ2v) is 32.5. The number of aromatic nitrogens is 6. The Labute approximate surface area is 654 Å². The maximum absolute atomic E-state index is 11.2. The van der Waals surface area contributed by atoms with Crippen LogP contribution >= 0.6 is 0 Å². The first-order chi connectivity index (χ1) is 48.7. The van der Waals surface area contributed by atoms with Gasteiger partial charge in [0.15, 0.2) is 14.9 Å². The van der Waals surface area contributed by atoms with Crippen LogP contribution in [0.2, 0.25) is 0 Å². The van der Waals surface area contributed by atoms with Crippen molar-refractivity contribution in [2.24, 2.45) is 49.1 Å². The summed E-state index contributed by atoms with van der Waals surface area (Å²) < 4.78 is 26.3. The Balaban J connectivity index is -0.0000000996. The van der Waals surface area contributed by atoms with Crippen molar-refractivity contribution in [2.45, 2.75) is 357 Å². The van der Waals surface area contributed by atoms with E-state index in [1.54, 1.807) is 23.1 Å².